The molecule has 0 amide bonds. The molecule has 7 heterocycles. The number of nitrogen functional groups attached to an aromatic ring is 2. The number of rotatable bonds is 4. The molecule has 0 spiro atoms. The molecule has 4 aromatic heterocycles. The highest BCUT2D eigenvalue weighted by Crippen LogP contribution is 2.54. The van der Waals surface area contributed by atoms with Crippen LogP contribution in [0, 0.1) is 0 Å². The Hall–Kier alpha value is -4.93. The third kappa shape index (κ3) is 6.84. The van der Waals surface area contributed by atoms with Gasteiger partial charge in [-0.15, -0.1) is 0 Å². The van der Waals surface area contributed by atoms with E-state index in [0.717, 1.165) is 22.0 Å². The largest absolute Gasteiger partial charge is 0.472 e. The van der Waals surface area contributed by atoms with Gasteiger partial charge in [-0.05, 0) is 16.7 Å². The maximum absolute atomic E-state index is 13.5. The second kappa shape index (κ2) is 14.2. The maximum Gasteiger partial charge on any atom is 0.472 e. The summed E-state index contributed by atoms with van der Waals surface area (Å²) in [4.78, 5) is 53.1. The van der Waals surface area contributed by atoms with Gasteiger partial charge < -0.3 is 45.5 Å². The normalized spacial score (nSPS) is 32.1. The van der Waals surface area contributed by atoms with E-state index in [0.29, 0.717) is 16.5 Å². The SMILES string of the molecule is Nc1nc2c(ncn2[C@@H]2O[C@@H]3COP(=O)(O)O[C@H]4[C@@H](O)[C@H](n5cc(-c6ccc(-c7ccccc7)cc6)c6c(N)ncnc65)O[C@@H]4COP(=O)(O)O[C@@H]2[C@@H]3O)c(=O)[nH]1. The minimum atomic E-state index is -5.18. The van der Waals surface area contributed by atoms with E-state index >= 15 is 0 Å². The van der Waals surface area contributed by atoms with Crippen molar-refractivity contribution < 1.29 is 56.7 Å². The molecule has 2 unspecified atom stereocenters. The van der Waals surface area contributed by atoms with Crippen molar-refractivity contribution in [3.05, 3.63) is 83.8 Å². The van der Waals surface area contributed by atoms with Crippen LogP contribution in [0.3, 0.4) is 0 Å². The summed E-state index contributed by atoms with van der Waals surface area (Å²) >= 11 is 0. The number of aliphatic hydroxyl groups is 2. The first-order valence-electron chi connectivity index (χ1n) is 17.2. The number of hydrogen-bond donors (Lipinski definition) is 7. The number of hydrogen-bond acceptors (Lipinski definition) is 17. The molecule has 9 rings (SSSR count). The van der Waals surface area contributed by atoms with Gasteiger partial charge in [0, 0.05) is 11.8 Å². The number of H-pyrrole nitrogens is 1. The standard InChI is InChI=1S/C33H33N9O13P2/c34-27-21-18(17-8-6-16(7-9-17)15-4-2-1-3-5-15)10-41(28(21)37-13-36-27)31-24(44)25-20(53-31)12-51-57(48,49)55-26-23(43)19(11-50-56(46,47)54-25)52-32(26)42-14-38-22-29(42)39-33(35)40-30(22)45/h1-10,13-14,19-20,23-26,31-32,43-44H,11-12H2,(H,46,47)(H,48,49)(H2,34,36,37)(H3,35,39,40,45)/t19-,20-,23-,24-,25-,26-,31-,32-/m1/s1. The van der Waals surface area contributed by atoms with E-state index in [9.17, 15) is 33.9 Å². The number of phosphoric ester groups is 2. The zero-order chi connectivity index (χ0) is 39.8. The molecule has 22 nitrogen and oxygen atoms in total. The average molecular weight is 826 g/mol. The second-order valence-electron chi connectivity index (χ2n) is 13.4. The molecule has 2 aromatic carbocycles. The Morgan fingerprint density at radius 2 is 1.40 bits per heavy atom. The fraction of sp³-hybridized carbons (Fsp3) is 0.303. The van der Waals surface area contributed by atoms with Gasteiger partial charge in [-0.3, -0.25) is 32.4 Å². The topological polar surface area (TPSA) is 317 Å². The molecule has 6 aromatic rings. The number of aromatic nitrogens is 7. The Morgan fingerprint density at radius 3 is 2.14 bits per heavy atom. The number of fused-ring (bicyclic) bond motifs is 5. The predicted octanol–water partition coefficient (Wildman–Crippen LogP) is 1.60. The van der Waals surface area contributed by atoms with Crippen LogP contribution in [0.15, 0.2) is 78.2 Å². The summed E-state index contributed by atoms with van der Waals surface area (Å²) in [6.07, 6.45) is -8.95. The number of nitrogens with two attached hydrogens (primary N) is 2. The number of aliphatic hydroxyl groups excluding tert-OH is 2. The van der Waals surface area contributed by atoms with Gasteiger partial charge in [0.1, 0.15) is 54.4 Å². The van der Waals surface area contributed by atoms with E-state index in [1.54, 1.807) is 6.20 Å². The number of phosphoric acid groups is 2. The van der Waals surface area contributed by atoms with Crippen LogP contribution in [0.25, 0.3) is 44.5 Å². The highest BCUT2D eigenvalue weighted by atomic mass is 31.2. The fourth-order valence-electron chi connectivity index (χ4n) is 7.23. The average Bonchev–Trinajstić information content (AvgIpc) is 3.93. The summed E-state index contributed by atoms with van der Waals surface area (Å²) in [7, 11) is -10.3. The monoisotopic (exact) mass is 825 g/mol. The molecule has 24 heteroatoms. The van der Waals surface area contributed by atoms with Crippen LogP contribution in [-0.4, -0.2) is 104 Å². The predicted molar refractivity (Wildman–Crippen MR) is 197 cm³/mol. The lowest BCUT2D eigenvalue weighted by Gasteiger charge is -2.25. The molecule has 0 saturated carbocycles. The number of anilines is 2. The van der Waals surface area contributed by atoms with Crippen LogP contribution in [0.1, 0.15) is 12.5 Å². The van der Waals surface area contributed by atoms with Crippen LogP contribution in [0.5, 0.6) is 0 Å². The molecule has 9 N–H and O–H groups in total. The molecular formula is C33H33N9O13P2. The Kier molecular flexibility index (Phi) is 9.35. The number of nitrogens with one attached hydrogen (secondary N) is 1. The van der Waals surface area contributed by atoms with Crippen LogP contribution in [0.4, 0.5) is 11.8 Å². The minimum Gasteiger partial charge on any atom is -0.387 e. The van der Waals surface area contributed by atoms with Gasteiger partial charge in [-0.25, -0.2) is 24.1 Å². The number of benzene rings is 2. The van der Waals surface area contributed by atoms with Crippen molar-refractivity contribution in [3.63, 3.8) is 0 Å². The Morgan fingerprint density at radius 1 is 0.754 bits per heavy atom. The van der Waals surface area contributed by atoms with Gasteiger partial charge in [-0.1, -0.05) is 54.6 Å². The summed E-state index contributed by atoms with van der Waals surface area (Å²) < 4.78 is 62.9. The molecule has 298 valence electrons. The Bertz CT molecular complexity index is 2640. The molecule has 3 fully saturated rings. The number of aromatic amines is 1. The van der Waals surface area contributed by atoms with E-state index in [1.807, 2.05) is 54.6 Å². The summed E-state index contributed by atoms with van der Waals surface area (Å²) in [5.41, 5.74) is 14.5. The summed E-state index contributed by atoms with van der Waals surface area (Å²) in [5, 5.41) is 23.3. The van der Waals surface area contributed by atoms with Crippen molar-refractivity contribution in [3.8, 4) is 22.3 Å². The van der Waals surface area contributed by atoms with Crippen molar-refractivity contribution in [2.45, 2.75) is 49.1 Å². The summed E-state index contributed by atoms with van der Waals surface area (Å²) in [6, 6.07) is 17.4. The van der Waals surface area contributed by atoms with Crippen molar-refractivity contribution in [2.75, 3.05) is 24.7 Å². The molecule has 0 radical (unpaired) electrons. The highest BCUT2D eigenvalue weighted by Gasteiger charge is 2.54. The molecule has 3 aliphatic heterocycles. The summed E-state index contributed by atoms with van der Waals surface area (Å²) in [6.45, 7) is -1.68. The van der Waals surface area contributed by atoms with Crippen LogP contribution < -0.4 is 17.0 Å². The zero-order valence-corrected chi connectivity index (χ0v) is 30.9. The van der Waals surface area contributed by atoms with E-state index in [1.165, 1.54) is 10.9 Å². The molecule has 3 saturated heterocycles. The van der Waals surface area contributed by atoms with Crippen LogP contribution in [0.2, 0.25) is 0 Å². The second-order valence-corrected chi connectivity index (χ2v) is 16.2. The molecule has 0 aliphatic carbocycles. The molecule has 2 bridgehead atoms. The van der Waals surface area contributed by atoms with E-state index in [4.69, 9.17) is 39.0 Å². The number of imidazole rings is 1. The highest BCUT2D eigenvalue weighted by molar-refractivity contribution is 7.47. The minimum absolute atomic E-state index is 0.120. The maximum atomic E-state index is 13.5. The first-order chi connectivity index (χ1) is 27.3. The lowest BCUT2D eigenvalue weighted by atomic mass is 10.0. The van der Waals surface area contributed by atoms with Crippen molar-refractivity contribution in [2.24, 2.45) is 0 Å². The van der Waals surface area contributed by atoms with Gasteiger partial charge >= 0.3 is 15.6 Å². The van der Waals surface area contributed by atoms with Crippen molar-refractivity contribution in [1.29, 1.82) is 0 Å². The van der Waals surface area contributed by atoms with Gasteiger partial charge in [0.25, 0.3) is 5.56 Å². The van der Waals surface area contributed by atoms with Gasteiger partial charge in [0.2, 0.25) is 5.95 Å². The van der Waals surface area contributed by atoms with Gasteiger partial charge in [-0.2, -0.15) is 4.98 Å². The summed E-state index contributed by atoms with van der Waals surface area (Å²) in [5.74, 6) is -0.166. The van der Waals surface area contributed by atoms with E-state index in [2.05, 4.69) is 24.9 Å². The van der Waals surface area contributed by atoms with Crippen LogP contribution >= 0.6 is 15.6 Å². The van der Waals surface area contributed by atoms with Gasteiger partial charge in [0.05, 0.1) is 24.9 Å². The van der Waals surface area contributed by atoms with Crippen molar-refractivity contribution >= 4 is 49.6 Å². The Labute approximate surface area is 319 Å². The smallest absolute Gasteiger partial charge is 0.387 e. The fourth-order valence-corrected chi connectivity index (χ4v) is 9.13. The van der Waals surface area contributed by atoms with Gasteiger partial charge in [0.15, 0.2) is 23.6 Å². The van der Waals surface area contributed by atoms with Crippen LogP contribution in [-0.2, 0) is 36.7 Å². The lowest BCUT2D eigenvalue weighted by Crippen LogP contribution is -2.36. The molecule has 10 atom stereocenters. The number of ether oxygens (including phenoxy) is 2. The lowest BCUT2D eigenvalue weighted by molar-refractivity contribution is -0.0671. The number of nitrogens with zero attached hydrogens (tertiary/aromatic N) is 6. The molecule has 57 heavy (non-hydrogen) atoms. The quantitative estimate of drug-likeness (QED) is 0.124. The first-order valence-corrected chi connectivity index (χ1v) is 20.2. The third-order valence-corrected chi connectivity index (χ3v) is 11.8. The van der Waals surface area contributed by atoms with Crippen molar-refractivity contribution in [1.82, 2.24) is 34.1 Å². The third-order valence-electron chi connectivity index (χ3n) is 9.88. The molecular weight excluding hydrogens is 792 g/mol. The first kappa shape index (κ1) is 37.6. The zero-order valence-electron chi connectivity index (χ0n) is 29.2. The van der Waals surface area contributed by atoms with E-state index < -0.39 is 83.5 Å². The van der Waals surface area contributed by atoms with E-state index in [-0.39, 0.29) is 28.6 Å². The molecule has 3 aliphatic rings. The Balaban J connectivity index is 1.03.